The minimum Gasteiger partial charge on any atom is -0.870 e. The monoisotopic (exact) mass is 1240 g/mol. The van der Waals surface area contributed by atoms with Crippen LogP contribution in [0.3, 0.4) is 0 Å². The van der Waals surface area contributed by atoms with Crippen LogP contribution in [0.2, 0.25) is 0 Å². The number of hydrogen-bond donors (Lipinski definition) is 6. The summed E-state index contributed by atoms with van der Waals surface area (Å²) in [7, 11) is 7.31. The fourth-order valence-electron chi connectivity index (χ4n) is 5.45. The summed E-state index contributed by atoms with van der Waals surface area (Å²) in [5.74, 6) is -2.25. The van der Waals surface area contributed by atoms with Gasteiger partial charge in [0.25, 0.3) is 0 Å². The number of likely N-dealkylation sites (tertiary alicyclic amines) is 3. The molecule has 5 fully saturated rings. The van der Waals surface area contributed by atoms with Crippen LogP contribution in [0.5, 0.6) is 0 Å². The molecule has 0 saturated carbocycles. The van der Waals surface area contributed by atoms with Gasteiger partial charge in [-0.15, -0.1) is 0 Å². The van der Waals surface area contributed by atoms with Gasteiger partial charge in [-0.2, -0.15) is 5.06 Å². The smallest absolute Gasteiger partial charge is 0.870 e. The molecule has 0 aromatic carbocycles. The summed E-state index contributed by atoms with van der Waals surface area (Å²) in [6.45, 7) is 26.8. The molecule has 0 aromatic rings. The van der Waals surface area contributed by atoms with E-state index in [1.807, 2.05) is 62.3 Å². The van der Waals surface area contributed by atoms with Crippen LogP contribution in [0.15, 0.2) is 0 Å². The molecule has 8 N–H and O–H groups in total. The first kappa shape index (κ1) is 83.8. The van der Waals surface area contributed by atoms with E-state index < -0.39 is 34.3 Å². The van der Waals surface area contributed by atoms with Gasteiger partial charge in [-0.1, -0.05) is 15.9 Å². The number of carboxylic acids is 1. The van der Waals surface area contributed by atoms with E-state index in [0.29, 0.717) is 52.4 Å². The molecule has 0 aliphatic carbocycles. The van der Waals surface area contributed by atoms with E-state index >= 15 is 0 Å². The van der Waals surface area contributed by atoms with Crippen molar-refractivity contribution >= 4 is 69.9 Å². The van der Waals surface area contributed by atoms with Gasteiger partial charge in [0, 0.05) is 40.3 Å². The Kier molecular flexibility index (Phi) is 43.1. The number of rotatable bonds is 14. The van der Waals surface area contributed by atoms with Gasteiger partial charge in [0.05, 0.1) is 83.8 Å². The molecule has 0 bridgehead atoms. The molecule has 5 heterocycles. The maximum absolute atomic E-state index is 11.5. The predicted octanol–water partition coefficient (Wildman–Crippen LogP) is -1.80. The second kappa shape index (κ2) is 42.2. The van der Waals surface area contributed by atoms with Crippen LogP contribution in [0, 0.1) is 5.92 Å². The standard InChI is InChI=1S/C11H20N2O4.C11H19NO5.C10H17NO5.C8H15NO3.C6H12N2O2.C3H5BrO2.CH5N.Li.H2O/c1-11(2,3)17-10(15)13-5-8(6-13)16-7-9(14)12-4;1-11(2,3)17-10(14)12-5-8(6-12)16-7-9(13)15-4;1-10(2,3)16-9(14)11-4-7(5-11)15-6-8(12)13;1-8(2,3)12-7(10)6-4-9(11)5-6;1-7-6(9)4-10-5-2-8-3-5;1-6-3(5)2-4;1-2;;/h8H,5-7H2,1-4H3,(H,12,14);8H,5-7H2,1-4H3;7H,4-6H2,1-3H3,(H,12,13);6,11H,4-5H2,1-3H3;5,8H,2-4H2,1H3,(H,7,9);2H2,1H3;2H2,1H3;;1H2/q;;;;;;;+1;/p-1. The van der Waals surface area contributed by atoms with Crippen molar-refractivity contribution in [1.29, 1.82) is 0 Å². The first-order chi connectivity index (χ1) is 36.9. The molecule has 5 saturated heterocycles. The number of carboxylic acid groups (broad SMARTS) is 1. The molecule has 0 aromatic heterocycles. The predicted molar refractivity (Wildman–Crippen MR) is 294 cm³/mol. The Morgan fingerprint density at radius 3 is 1.06 bits per heavy atom. The zero-order chi connectivity index (χ0) is 62.2. The van der Waals surface area contributed by atoms with Crippen LogP contribution in [-0.4, -0.2) is 269 Å². The topological polar surface area (TPSA) is 391 Å². The minimum atomic E-state index is -1.00. The third kappa shape index (κ3) is 42.2. The number of carbonyl (C=O) groups is 9. The first-order valence-electron chi connectivity index (χ1n) is 25.6. The van der Waals surface area contributed by atoms with E-state index in [4.69, 9.17) is 48.2 Å². The Hall–Kier alpha value is -4.65. The van der Waals surface area contributed by atoms with Gasteiger partial charge >= 0.3 is 61.0 Å². The summed E-state index contributed by atoms with van der Waals surface area (Å²) in [4.78, 5) is 103. The number of methoxy groups -OCH3 is 2. The quantitative estimate of drug-likeness (QED) is 0.0483. The number of nitrogens with zero attached hydrogens (tertiary/aromatic N) is 4. The van der Waals surface area contributed by atoms with Crippen molar-refractivity contribution in [2.45, 2.75) is 130 Å². The van der Waals surface area contributed by atoms with Crippen LogP contribution in [0.4, 0.5) is 14.4 Å². The number of nitrogens with one attached hydrogen (secondary N) is 3. The summed E-state index contributed by atoms with van der Waals surface area (Å²) < 4.78 is 49.9. The number of halogens is 1. The van der Waals surface area contributed by atoms with E-state index in [2.05, 4.69) is 47.1 Å². The second-order valence-electron chi connectivity index (χ2n) is 21.7. The van der Waals surface area contributed by atoms with Crippen molar-refractivity contribution in [2.24, 2.45) is 11.7 Å². The van der Waals surface area contributed by atoms with E-state index in [1.54, 1.807) is 39.8 Å². The summed E-state index contributed by atoms with van der Waals surface area (Å²) in [5, 5.41) is 26.6. The fourth-order valence-corrected chi connectivity index (χ4v) is 5.68. The molecule has 82 heavy (non-hydrogen) atoms. The summed E-state index contributed by atoms with van der Waals surface area (Å²) in [6.07, 6.45) is -1.20. The Morgan fingerprint density at radius 1 is 0.524 bits per heavy atom. The molecule has 30 nitrogen and oxygen atoms in total. The average molecular weight is 1250 g/mol. The number of likely N-dealkylation sites (N-methyl/N-ethyl adjacent to an activating group) is 2. The van der Waals surface area contributed by atoms with Crippen molar-refractivity contribution in [3.05, 3.63) is 0 Å². The van der Waals surface area contributed by atoms with Gasteiger partial charge in [-0.3, -0.25) is 19.2 Å². The molecule has 474 valence electrons. The van der Waals surface area contributed by atoms with Gasteiger partial charge in [0.1, 0.15) is 54.2 Å². The van der Waals surface area contributed by atoms with Gasteiger partial charge < -0.3 is 99.5 Å². The number of hydroxylamine groups is 2. The Bertz CT molecular complexity index is 1830. The Morgan fingerprint density at radius 2 is 0.829 bits per heavy atom. The average Bonchev–Trinajstić information content (AvgIpc) is 3.27. The van der Waals surface area contributed by atoms with Crippen molar-refractivity contribution < 1.29 is 125 Å². The van der Waals surface area contributed by atoms with Crippen molar-refractivity contribution in [2.75, 3.05) is 133 Å². The maximum atomic E-state index is 11.5. The van der Waals surface area contributed by atoms with Gasteiger partial charge in [-0.05, 0) is 90.1 Å². The molecule has 5 rings (SSSR count). The van der Waals surface area contributed by atoms with Crippen molar-refractivity contribution in [3.8, 4) is 0 Å². The largest absolute Gasteiger partial charge is 1.00 e. The van der Waals surface area contributed by atoms with Gasteiger partial charge in [0.2, 0.25) is 11.8 Å². The van der Waals surface area contributed by atoms with Gasteiger partial charge in [-0.25, -0.2) is 24.0 Å². The van der Waals surface area contributed by atoms with E-state index in [-0.39, 0.29) is 128 Å². The molecule has 5 aliphatic rings. The number of esters is 3. The molecular formula is C50H94BrLiN8O22. The minimum absolute atomic E-state index is 0. The summed E-state index contributed by atoms with van der Waals surface area (Å²) in [6, 6.07) is 0. The van der Waals surface area contributed by atoms with Crippen LogP contribution < -0.4 is 40.5 Å². The molecule has 0 unspecified atom stereocenters. The number of amides is 5. The number of hydrogen-bond acceptors (Lipinski definition) is 24. The Balaban J connectivity index is -0.000000450. The number of ether oxygens (including phenoxy) is 10. The van der Waals surface area contributed by atoms with E-state index in [0.717, 1.165) is 18.2 Å². The van der Waals surface area contributed by atoms with Gasteiger partial charge in [0.15, 0.2) is 0 Å². The number of aliphatic carboxylic acids is 1. The van der Waals surface area contributed by atoms with Crippen LogP contribution >= 0.6 is 15.9 Å². The summed E-state index contributed by atoms with van der Waals surface area (Å²) in [5.41, 5.74) is 2.59. The normalized spacial score (nSPS) is 15.9. The zero-order valence-electron chi connectivity index (χ0n) is 51.3. The van der Waals surface area contributed by atoms with Crippen molar-refractivity contribution in [3.63, 3.8) is 0 Å². The van der Waals surface area contributed by atoms with Crippen LogP contribution in [0.1, 0.15) is 83.1 Å². The molecule has 5 aliphatic heterocycles. The molecular weight excluding hydrogens is 1150 g/mol. The number of carbonyl (C=O) groups excluding carboxylic acids is 8. The van der Waals surface area contributed by atoms with Crippen molar-refractivity contribution in [1.82, 2.24) is 35.7 Å². The number of nitrogens with two attached hydrogens (primary N) is 1. The third-order valence-electron chi connectivity index (χ3n) is 9.75. The van der Waals surface area contributed by atoms with Crippen LogP contribution in [-0.2, 0) is 76.1 Å². The molecule has 0 atom stereocenters. The third-order valence-corrected chi connectivity index (χ3v) is 10.2. The SMILES string of the molecule is CC(C)(C)OC(=O)C1CN(O)C1.CC(C)(C)OC(=O)N1CC(OCC(=O)O)C1.CN.CNC(=O)COC1CN(C(=O)OC(C)(C)C)C1.CNC(=O)COC1CNC1.COC(=O)CBr.COC(=O)COC1CN(C(=O)OC(C)(C)C)C1.[Li+].[OH-]. The first-order valence-corrected chi connectivity index (χ1v) is 26.7. The molecule has 32 heteroatoms. The molecule has 5 amide bonds. The van der Waals surface area contributed by atoms with E-state index in [9.17, 15) is 43.2 Å². The van der Waals surface area contributed by atoms with Crippen LogP contribution in [0.25, 0.3) is 0 Å². The molecule has 0 spiro atoms. The molecule has 0 radical (unpaired) electrons. The second-order valence-corrected chi connectivity index (χ2v) is 22.2. The zero-order valence-corrected chi connectivity index (χ0v) is 52.9. The maximum Gasteiger partial charge on any atom is 1.00 e. The van der Waals surface area contributed by atoms with E-state index in [1.165, 1.54) is 31.1 Å². The Labute approximate surface area is 502 Å². The number of alkyl halides is 1. The fraction of sp³-hybridized carbons (Fsp3) is 0.820. The summed E-state index contributed by atoms with van der Waals surface area (Å²) >= 11 is 2.90.